The molecule has 0 amide bonds. The van der Waals surface area contributed by atoms with Crippen LogP contribution in [0.3, 0.4) is 0 Å². The Morgan fingerprint density at radius 2 is 2.30 bits per heavy atom. The zero-order chi connectivity index (χ0) is 7.23. The minimum absolute atomic E-state index is 0.389. The number of nitrogens with one attached hydrogen (secondary N) is 1. The van der Waals surface area contributed by atoms with E-state index in [2.05, 4.69) is 5.32 Å². The van der Waals surface area contributed by atoms with Gasteiger partial charge in [0.2, 0.25) is 0 Å². The Labute approximate surface area is 65.8 Å². The predicted molar refractivity (Wildman–Crippen MR) is 44.6 cm³/mol. The highest BCUT2D eigenvalue weighted by Crippen LogP contribution is 2.15. The zero-order valence-electron chi connectivity index (χ0n) is 6.01. The second kappa shape index (κ2) is 4.74. The van der Waals surface area contributed by atoms with Crippen LogP contribution >= 0.6 is 11.8 Å². The summed E-state index contributed by atoms with van der Waals surface area (Å²) in [6, 6.07) is 0. The Morgan fingerprint density at radius 3 is 3.10 bits per heavy atom. The van der Waals surface area contributed by atoms with Crippen molar-refractivity contribution in [1.29, 1.82) is 0 Å². The minimum atomic E-state index is 0.389. The Morgan fingerprint density at radius 1 is 1.40 bits per heavy atom. The molecule has 1 N–H and O–H groups in total. The van der Waals surface area contributed by atoms with Crippen molar-refractivity contribution < 1.29 is 4.79 Å². The van der Waals surface area contributed by atoms with Crippen LogP contribution in [0.15, 0.2) is 0 Å². The zero-order valence-corrected chi connectivity index (χ0v) is 6.82. The molecular weight excluding hydrogens is 146 g/mol. The molecule has 0 radical (unpaired) electrons. The van der Waals surface area contributed by atoms with E-state index >= 15 is 0 Å². The molecule has 1 atom stereocenters. The summed E-state index contributed by atoms with van der Waals surface area (Å²) in [4.78, 5) is 10.1. The highest BCUT2D eigenvalue weighted by atomic mass is 32.2. The maximum absolute atomic E-state index is 10.1. The van der Waals surface area contributed by atoms with Crippen LogP contribution in [0, 0.1) is 0 Å². The van der Waals surface area contributed by atoms with E-state index in [1.54, 1.807) is 0 Å². The van der Waals surface area contributed by atoms with E-state index in [1.165, 1.54) is 31.0 Å². The molecule has 1 aliphatic rings. The molecule has 1 rings (SSSR count). The molecule has 2 nitrogen and oxygen atoms in total. The fourth-order valence-corrected chi connectivity index (χ4v) is 1.83. The molecule has 1 heterocycles. The average Bonchev–Trinajstić information content (AvgIpc) is 2.17. The number of hydrogen-bond donors (Lipinski definition) is 1. The van der Waals surface area contributed by atoms with Crippen LogP contribution in [0.1, 0.15) is 25.7 Å². The first-order valence-electron chi connectivity index (χ1n) is 3.76. The van der Waals surface area contributed by atoms with Gasteiger partial charge in [-0.05, 0) is 19.4 Å². The van der Waals surface area contributed by atoms with Crippen molar-refractivity contribution in [2.75, 3.05) is 6.54 Å². The largest absolute Gasteiger partial charge is 0.305 e. The number of hydrogen-bond acceptors (Lipinski definition) is 3. The summed E-state index contributed by atoms with van der Waals surface area (Å²) in [5, 5.41) is 3.70. The van der Waals surface area contributed by atoms with Crippen LogP contribution in [0.2, 0.25) is 0 Å². The molecule has 1 fully saturated rings. The maximum atomic E-state index is 10.1. The Hall–Kier alpha value is -0.0200. The lowest BCUT2D eigenvalue weighted by atomic mass is 10.2. The molecule has 0 aliphatic carbocycles. The molecule has 0 saturated carbocycles. The summed E-state index contributed by atoms with van der Waals surface area (Å²) in [6.45, 7) is 1.07. The smallest absolute Gasteiger partial charge is 0.177 e. The third kappa shape index (κ3) is 2.71. The normalized spacial score (nSPS) is 27.4. The first kappa shape index (κ1) is 8.08. The van der Waals surface area contributed by atoms with Gasteiger partial charge in [-0.1, -0.05) is 24.6 Å². The fraction of sp³-hybridized carbons (Fsp3) is 0.857. The van der Waals surface area contributed by atoms with Crippen molar-refractivity contribution in [3.63, 3.8) is 0 Å². The Balaban J connectivity index is 2.21. The van der Waals surface area contributed by atoms with E-state index in [9.17, 15) is 4.79 Å². The predicted octanol–water partition coefficient (Wildman–Crippen LogP) is 1.40. The van der Waals surface area contributed by atoms with Crippen LogP contribution in [0.25, 0.3) is 0 Å². The summed E-state index contributed by atoms with van der Waals surface area (Å²) in [5.41, 5.74) is 0.934. The molecule has 58 valence electrons. The van der Waals surface area contributed by atoms with Gasteiger partial charge in [-0.2, -0.15) is 0 Å². The minimum Gasteiger partial charge on any atom is -0.305 e. The van der Waals surface area contributed by atoms with Crippen LogP contribution in [-0.2, 0) is 4.79 Å². The third-order valence-electron chi connectivity index (χ3n) is 1.73. The topological polar surface area (TPSA) is 29.1 Å². The van der Waals surface area contributed by atoms with Crippen molar-refractivity contribution in [1.82, 2.24) is 5.32 Å². The second-order valence-electron chi connectivity index (χ2n) is 2.52. The van der Waals surface area contributed by atoms with Crippen molar-refractivity contribution in [2.45, 2.75) is 31.1 Å². The van der Waals surface area contributed by atoms with Gasteiger partial charge >= 0.3 is 0 Å². The van der Waals surface area contributed by atoms with Gasteiger partial charge in [0.1, 0.15) is 0 Å². The van der Waals surface area contributed by atoms with Gasteiger partial charge in [0.25, 0.3) is 0 Å². The fourth-order valence-electron chi connectivity index (χ4n) is 1.18. The van der Waals surface area contributed by atoms with Gasteiger partial charge in [-0.25, -0.2) is 0 Å². The lowest BCUT2D eigenvalue weighted by Crippen LogP contribution is -2.24. The SMILES string of the molecule is O=CSC1CCCCCN1. The van der Waals surface area contributed by atoms with Gasteiger partial charge in [0, 0.05) is 0 Å². The lowest BCUT2D eigenvalue weighted by molar-refractivity contribution is 0.568. The summed E-state index contributed by atoms with van der Waals surface area (Å²) in [6.07, 6.45) is 4.97. The van der Waals surface area contributed by atoms with Crippen molar-refractivity contribution in [2.24, 2.45) is 0 Å². The molecule has 1 saturated heterocycles. The lowest BCUT2D eigenvalue weighted by Gasteiger charge is -2.09. The highest BCUT2D eigenvalue weighted by molar-refractivity contribution is 8.12. The molecule has 1 unspecified atom stereocenters. The average molecular weight is 159 g/mol. The van der Waals surface area contributed by atoms with Gasteiger partial charge < -0.3 is 5.32 Å². The van der Waals surface area contributed by atoms with E-state index in [0.717, 1.165) is 18.6 Å². The van der Waals surface area contributed by atoms with Gasteiger partial charge in [0.05, 0.1) is 5.37 Å². The molecule has 1 aliphatic heterocycles. The van der Waals surface area contributed by atoms with Gasteiger partial charge in [0.15, 0.2) is 5.62 Å². The van der Waals surface area contributed by atoms with Crippen molar-refractivity contribution >= 4 is 17.4 Å². The standard InChI is InChI=1S/C7H13NOS/c9-6-10-7-4-2-1-3-5-8-7/h6-8H,1-5H2. The van der Waals surface area contributed by atoms with Crippen molar-refractivity contribution in [3.8, 4) is 0 Å². The Kier molecular flexibility index (Phi) is 3.83. The maximum Gasteiger partial charge on any atom is 0.177 e. The summed E-state index contributed by atoms with van der Waals surface area (Å²) >= 11 is 1.37. The van der Waals surface area contributed by atoms with E-state index < -0.39 is 0 Å². The first-order valence-corrected chi connectivity index (χ1v) is 4.70. The van der Waals surface area contributed by atoms with E-state index in [1.807, 2.05) is 0 Å². The molecule has 0 aromatic rings. The van der Waals surface area contributed by atoms with Gasteiger partial charge in [-0.15, -0.1) is 0 Å². The molecule has 0 aromatic heterocycles. The Bertz CT molecular complexity index is 99.8. The van der Waals surface area contributed by atoms with E-state index in [4.69, 9.17) is 0 Å². The van der Waals surface area contributed by atoms with Gasteiger partial charge in [-0.3, -0.25) is 4.79 Å². The summed E-state index contributed by atoms with van der Waals surface area (Å²) < 4.78 is 0. The molecule has 10 heavy (non-hydrogen) atoms. The number of carbonyl (C=O) groups excluding carboxylic acids is 1. The second-order valence-corrected chi connectivity index (χ2v) is 3.56. The van der Waals surface area contributed by atoms with Crippen LogP contribution < -0.4 is 5.32 Å². The van der Waals surface area contributed by atoms with E-state index in [0.29, 0.717) is 5.37 Å². The van der Waals surface area contributed by atoms with Crippen LogP contribution in [0.5, 0.6) is 0 Å². The molecular formula is C7H13NOS. The molecule has 0 aromatic carbocycles. The molecule has 3 heteroatoms. The van der Waals surface area contributed by atoms with Crippen LogP contribution in [-0.4, -0.2) is 17.5 Å². The number of thioether (sulfide) groups is 1. The quantitative estimate of drug-likeness (QED) is 0.617. The third-order valence-corrected chi connectivity index (χ3v) is 2.58. The monoisotopic (exact) mass is 159 g/mol. The van der Waals surface area contributed by atoms with Crippen molar-refractivity contribution in [3.05, 3.63) is 0 Å². The highest BCUT2D eigenvalue weighted by Gasteiger charge is 2.09. The summed E-state index contributed by atoms with van der Waals surface area (Å²) in [7, 11) is 0. The molecule has 0 bridgehead atoms. The number of rotatable bonds is 2. The summed E-state index contributed by atoms with van der Waals surface area (Å²) in [5.74, 6) is 0. The van der Waals surface area contributed by atoms with Crippen LogP contribution in [0.4, 0.5) is 0 Å². The van der Waals surface area contributed by atoms with E-state index in [-0.39, 0.29) is 0 Å². The molecule has 0 spiro atoms. The number of carbonyl (C=O) groups is 1. The first-order chi connectivity index (χ1) is 4.93.